The number of ether oxygens (including phenoxy) is 12. The van der Waals surface area contributed by atoms with Gasteiger partial charge in [0, 0.05) is 46.0 Å². The SMILES string of the molecule is C=CCOC(=O)Nc1cc(OCc2cccc(COc3cc(NC(=O)OCc4ccc(O[C@@H]5O[C@H](C(=O)OC)[C@@H](OC(C)=O)[C@H](OC(C)=O)[C@H]5OC(C)=O)cc4)c(C(=O)N4CC5(CC5)C[C@H]4CO[Si](C)(C)C(C)(C)C)cc3OC)c2)c(OC)cc1C(=O)N1CC2(CC2)C[C@H]1CO[Si](C)(C)C(C)(C)C. The molecule has 2 spiro atoms. The van der Waals surface area contributed by atoms with Crippen LogP contribution in [0.2, 0.25) is 36.3 Å². The molecule has 4 aromatic carbocycles. The number of nitrogens with zero attached hydrogens (tertiary/aromatic N) is 2. The zero-order valence-electron chi connectivity index (χ0n) is 62.0. The van der Waals surface area contributed by atoms with Crippen LogP contribution in [-0.2, 0) is 81.0 Å². The van der Waals surface area contributed by atoms with Crippen LogP contribution in [0.5, 0.6) is 28.7 Å². The predicted molar refractivity (Wildman–Crippen MR) is 383 cm³/mol. The van der Waals surface area contributed by atoms with Gasteiger partial charge in [0.25, 0.3) is 11.8 Å². The topological polar surface area (TPSA) is 296 Å². The Morgan fingerprint density at radius 1 is 0.573 bits per heavy atom. The molecule has 26 nitrogen and oxygen atoms in total. The van der Waals surface area contributed by atoms with Crippen LogP contribution < -0.4 is 34.3 Å². The van der Waals surface area contributed by atoms with E-state index in [2.05, 4.69) is 84.9 Å². The standard InChI is InChI=1S/C75H100N4O22Si2/c1-18-30-91-70(86)76-56-34-60(58(88-11)32-54(56)66(83)78-43-74(26-27-74)36-51(78)41-95-102(14,15)72(5,6)7)92-39-49-20-19-21-50(31-49)40-93-61-35-57(55(33-59(61)89-12)67(84)79-44-75(28-29-75)37-52(79)42-96-103(16,17)73(8,9)10)77-71(87)94-38-48-22-24-53(25-23-48)100-69-65(99-47(4)82)63(98-46(3)81)62(97-45(2)80)64(101-69)68(85)90-13/h18-25,31-35,51-52,62-65,69H,1,26-30,36-44H2,2-17H3,(H,76,86)(H,77,87)/t51-,52-,62-,63-,64-,65+,69+/m0/s1. The van der Waals surface area contributed by atoms with Gasteiger partial charge < -0.3 is 75.5 Å². The molecule has 2 saturated carbocycles. The van der Waals surface area contributed by atoms with Crippen LogP contribution in [0.3, 0.4) is 0 Å². The van der Waals surface area contributed by atoms with Crippen LogP contribution in [0.1, 0.15) is 138 Å². The van der Waals surface area contributed by atoms with Crippen molar-refractivity contribution >= 4 is 75.9 Å². The Balaban J connectivity index is 0.938. The molecule has 4 amide bonds. The lowest BCUT2D eigenvalue weighted by molar-refractivity contribution is -0.282. The maximum Gasteiger partial charge on any atom is 0.411 e. The van der Waals surface area contributed by atoms with Gasteiger partial charge in [0.05, 0.1) is 69.1 Å². The number of amides is 4. The van der Waals surface area contributed by atoms with Gasteiger partial charge in [-0.3, -0.25) is 34.6 Å². The van der Waals surface area contributed by atoms with Crippen LogP contribution in [0, 0.1) is 10.8 Å². The van der Waals surface area contributed by atoms with Gasteiger partial charge in [-0.05, 0) is 133 Å². The Bertz CT molecular complexity index is 3800. The smallest absolute Gasteiger partial charge is 0.411 e. The molecule has 4 aromatic rings. The summed E-state index contributed by atoms with van der Waals surface area (Å²) in [6.45, 7) is 30.2. The molecular formula is C75H100N4O22Si2. The van der Waals surface area contributed by atoms with Crippen molar-refractivity contribution < 1.29 is 104 Å². The van der Waals surface area contributed by atoms with E-state index in [1.165, 1.54) is 38.5 Å². The molecule has 0 unspecified atom stereocenters. The quantitative estimate of drug-likeness (QED) is 0.0231. The molecule has 560 valence electrons. The van der Waals surface area contributed by atoms with Crippen LogP contribution in [0.15, 0.2) is 85.5 Å². The molecule has 7 atom stereocenters. The maximum atomic E-state index is 15.2. The molecule has 2 N–H and O–H groups in total. The van der Waals surface area contributed by atoms with Gasteiger partial charge in [-0.2, -0.15) is 0 Å². The van der Waals surface area contributed by atoms with E-state index in [9.17, 15) is 33.6 Å². The third kappa shape index (κ3) is 19.4. The van der Waals surface area contributed by atoms with E-state index in [1.807, 2.05) is 34.1 Å². The normalized spacial score (nSPS) is 21.0. The second-order valence-electron chi connectivity index (χ2n) is 30.4. The number of hydrogen-bond acceptors (Lipinski definition) is 22. The number of esters is 4. The van der Waals surface area contributed by atoms with E-state index in [0.717, 1.165) is 72.0 Å². The number of anilines is 2. The fraction of sp³-hybridized carbons (Fsp3) is 0.547. The molecule has 28 heteroatoms. The first-order valence-corrected chi connectivity index (χ1v) is 40.5. The van der Waals surface area contributed by atoms with Crippen molar-refractivity contribution in [2.45, 2.75) is 200 Å². The van der Waals surface area contributed by atoms with Crippen molar-refractivity contribution in [3.8, 4) is 28.7 Å². The largest absolute Gasteiger partial charge is 0.493 e. The molecule has 5 aliphatic rings. The van der Waals surface area contributed by atoms with E-state index in [1.54, 1.807) is 30.3 Å². The Kier molecular flexibility index (Phi) is 24.5. The monoisotopic (exact) mass is 1460 g/mol. The van der Waals surface area contributed by atoms with Crippen LogP contribution >= 0.6 is 0 Å². The minimum atomic E-state index is -2.24. The molecule has 103 heavy (non-hydrogen) atoms. The summed E-state index contributed by atoms with van der Waals surface area (Å²) in [5.41, 5.74) is 2.47. The summed E-state index contributed by atoms with van der Waals surface area (Å²) >= 11 is 0. The minimum Gasteiger partial charge on any atom is -0.493 e. The van der Waals surface area contributed by atoms with Crippen molar-refractivity contribution in [2.75, 3.05) is 64.9 Å². The number of methoxy groups -OCH3 is 3. The Hall–Kier alpha value is -8.71. The lowest BCUT2D eigenvalue weighted by Crippen LogP contribution is -2.64. The third-order valence-corrected chi connectivity index (χ3v) is 29.6. The minimum absolute atomic E-state index is 0.0135. The predicted octanol–water partition coefficient (Wildman–Crippen LogP) is 12.4. The van der Waals surface area contributed by atoms with E-state index >= 15 is 4.79 Å². The lowest BCUT2D eigenvalue weighted by Gasteiger charge is -2.43. The summed E-state index contributed by atoms with van der Waals surface area (Å²) in [5.74, 6) is -3.18. The first-order chi connectivity index (χ1) is 48.5. The number of carbonyl (C=O) groups excluding carboxylic acids is 8. The molecule has 3 aliphatic heterocycles. The van der Waals surface area contributed by atoms with Gasteiger partial charge in [0.1, 0.15) is 32.2 Å². The second kappa shape index (κ2) is 32.1. The van der Waals surface area contributed by atoms with Crippen molar-refractivity contribution in [1.29, 1.82) is 0 Å². The summed E-state index contributed by atoms with van der Waals surface area (Å²) in [7, 11) is -0.397. The lowest BCUT2D eigenvalue weighted by atomic mass is 9.97. The molecule has 3 heterocycles. The average Bonchev–Trinajstić information content (AvgIpc) is 1.54. The Labute approximate surface area is 604 Å². The highest BCUT2D eigenvalue weighted by atomic mass is 28.4. The summed E-state index contributed by atoms with van der Waals surface area (Å²) in [5, 5.41) is 5.49. The molecular weight excluding hydrogens is 1370 g/mol. The number of hydrogen-bond donors (Lipinski definition) is 2. The summed E-state index contributed by atoms with van der Waals surface area (Å²) in [6.07, 6.45) is -2.70. The number of rotatable bonds is 28. The molecule has 9 rings (SSSR count). The van der Waals surface area contributed by atoms with E-state index in [4.69, 9.17) is 65.7 Å². The van der Waals surface area contributed by atoms with E-state index < -0.39 is 83.4 Å². The Morgan fingerprint density at radius 2 is 1.02 bits per heavy atom. The second-order valence-corrected chi connectivity index (χ2v) is 40.0. The highest BCUT2D eigenvalue weighted by Gasteiger charge is 2.58. The molecule has 0 bridgehead atoms. The highest BCUT2D eigenvalue weighted by molar-refractivity contribution is 6.74. The fourth-order valence-electron chi connectivity index (χ4n) is 12.4. The first kappa shape index (κ1) is 78.4. The van der Waals surface area contributed by atoms with Crippen LogP contribution in [0.4, 0.5) is 21.0 Å². The molecule has 2 aliphatic carbocycles. The third-order valence-electron chi connectivity index (χ3n) is 20.6. The van der Waals surface area contributed by atoms with Gasteiger partial charge in [-0.1, -0.05) is 84.5 Å². The highest BCUT2D eigenvalue weighted by Crippen LogP contribution is 2.57. The summed E-state index contributed by atoms with van der Waals surface area (Å²) < 4.78 is 82.6. The van der Waals surface area contributed by atoms with E-state index in [-0.39, 0.29) is 122 Å². The van der Waals surface area contributed by atoms with E-state index in [0.29, 0.717) is 37.4 Å². The van der Waals surface area contributed by atoms with Crippen LogP contribution in [-0.4, -0.2) is 171 Å². The maximum absolute atomic E-state index is 15.2. The number of likely N-dealkylation sites (tertiary alicyclic amines) is 2. The molecule has 3 saturated heterocycles. The van der Waals surface area contributed by atoms with Gasteiger partial charge in [-0.15, -0.1) is 0 Å². The number of nitrogens with one attached hydrogen (secondary N) is 2. The van der Waals surface area contributed by atoms with Crippen molar-refractivity contribution in [3.05, 3.63) is 113 Å². The fourth-order valence-corrected chi connectivity index (χ4v) is 14.5. The van der Waals surface area contributed by atoms with Crippen molar-refractivity contribution in [2.24, 2.45) is 10.8 Å². The van der Waals surface area contributed by atoms with Crippen molar-refractivity contribution in [3.63, 3.8) is 0 Å². The number of benzene rings is 4. The summed E-state index contributed by atoms with van der Waals surface area (Å²) in [6, 6.07) is 19.3. The number of carbonyl (C=O) groups is 8. The first-order valence-electron chi connectivity index (χ1n) is 34.7. The van der Waals surface area contributed by atoms with Crippen molar-refractivity contribution in [1.82, 2.24) is 9.80 Å². The average molecular weight is 1470 g/mol. The zero-order chi connectivity index (χ0) is 75.1. The molecule has 0 radical (unpaired) electrons. The zero-order valence-corrected chi connectivity index (χ0v) is 64.0. The summed E-state index contributed by atoms with van der Waals surface area (Å²) in [4.78, 5) is 111. The van der Waals surface area contributed by atoms with Gasteiger partial charge in [-0.25, -0.2) is 14.4 Å². The van der Waals surface area contributed by atoms with Gasteiger partial charge >= 0.3 is 36.1 Å². The van der Waals surface area contributed by atoms with Gasteiger partial charge in [0.15, 0.2) is 57.9 Å². The van der Waals surface area contributed by atoms with Gasteiger partial charge in [0.2, 0.25) is 12.4 Å². The van der Waals surface area contributed by atoms with Crippen LogP contribution in [0.25, 0.3) is 0 Å². The Morgan fingerprint density at radius 3 is 1.44 bits per heavy atom. The molecule has 5 fully saturated rings. The molecule has 0 aromatic heterocycles.